The van der Waals surface area contributed by atoms with Crippen molar-refractivity contribution < 1.29 is 14.6 Å². The lowest BCUT2D eigenvalue weighted by molar-refractivity contribution is -0.133. The molecular weight excluding hydrogens is 398 g/mol. The summed E-state index contributed by atoms with van der Waals surface area (Å²) in [6.45, 7) is 7.90. The number of aromatic nitrogens is 1. The second-order valence-corrected chi connectivity index (χ2v) is 9.08. The number of rotatable bonds is 10. The Balaban J connectivity index is 1.79. The van der Waals surface area contributed by atoms with E-state index in [0.717, 1.165) is 12.0 Å². The minimum atomic E-state index is -0.956. The van der Waals surface area contributed by atoms with E-state index in [-0.39, 0.29) is 24.2 Å². The Bertz CT molecular complexity index is 1010. The molecule has 2 aromatic carbocycles. The molecule has 1 aromatic heterocycles. The van der Waals surface area contributed by atoms with Crippen LogP contribution in [-0.2, 0) is 17.8 Å². The van der Waals surface area contributed by atoms with Crippen molar-refractivity contribution in [2.24, 2.45) is 5.92 Å². The molecule has 4 nitrogen and oxygen atoms in total. The molecule has 0 spiro atoms. The molecule has 2 atom stereocenters. The summed E-state index contributed by atoms with van der Waals surface area (Å²) in [7, 11) is 0. The summed E-state index contributed by atoms with van der Waals surface area (Å²) in [6.07, 6.45) is 2.90. The molecule has 168 valence electrons. The van der Waals surface area contributed by atoms with Gasteiger partial charge in [0.05, 0.1) is 6.61 Å². The van der Waals surface area contributed by atoms with Crippen molar-refractivity contribution in [3.05, 3.63) is 95.2 Å². The number of Topliss-reactive ketones (excluding diaryl/α,β-unsaturated/α-hetero) is 1. The number of nitrogens with zero attached hydrogens (tertiary/aromatic N) is 1. The molecule has 1 N–H and O–H groups in total. The van der Waals surface area contributed by atoms with E-state index in [2.05, 4.69) is 55.2 Å². The normalized spacial score (nSPS) is 13.4. The topological polar surface area (TPSA) is 59.4 Å². The third kappa shape index (κ3) is 6.27. The number of carbonyl (C=O) groups is 1. The van der Waals surface area contributed by atoms with Gasteiger partial charge in [0, 0.05) is 18.7 Å². The number of aliphatic hydroxyl groups excluding tert-OH is 1. The first kappa shape index (κ1) is 23.7. The highest BCUT2D eigenvalue weighted by atomic mass is 16.5. The van der Waals surface area contributed by atoms with Crippen LogP contribution in [0.2, 0.25) is 0 Å². The Kier molecular flexibility index (Phi) is 7.81. The van der Waals surface area contributed by atoms with Gasteiger partial charge in [0.25, 0.3) is 0 Å². The average molecular weight is 432 g/mol. The Labute approximate surface area is 191 Å². The lowest BCUT2D eigenvalue weighted by Gasteiger charge is -2.29. The largest absolute Gasteiger partial charge is 0.464 e. The maximum Gasteiger partial charge on any atom is 0.214 e. The minimum absolute atomic E-state index is 0.0395. The number of pyridine rings is 1. The standard InChI is InChI=1S/C28H33NO3/c1-20-8-7-9-24(16-20)25(18-22-11-13-23(19-30)14-12-22)21(2)17-26(31)28(3,4)32-27-10-5-6-15-29-27/h5-16,21,25,30H,17-19H2,1-4H3. The van der Waals surface area contributed by atoms with Gasteiger partial charge in [0.1, 0.15) is 0 Å². The molecule has 0 radical (unpaired) electrons. The molecule has 0 saturated carbocycles. The van der Waals surface area contributed by atoms with Crippen molar-refractivity contribution in [2.45, 2.75) is 58.7 Å². The molecule has 2 unspecified atom stereocenters. The summed E-state index contributed by atoms with van der Waals surface area (Å²) in [6, 6.07) is 22.0. The van der Waals surface area contributed by atoms with Crippen LogP contribution >= 0.6 is 0 Å². The lowest BCUT2D eigenvalue weighted by atomic mass is 9.78. The van der Waals surface area contributed by atoms with Crippen LogP contribution < -0.4 is 4.74 Å². The van der Waals surface area contributed by atoms with E-state index in [1.165, 1.54) is 16.7 Å². The second-order valence-electron chi connectivity index (χ2n) is 9.08. The molecule has 32 heavy (non-hydrogen) atoms. The third-order valence-corrected chi connectivity index (χ3v) is 5.99. The molecule has 3 aromatic rings. The van der Waals surface area contributed by atoms with Gasteiger partial charge in [-0.1, -0.05) is 67.1 Å². The molecule has 0 fully saturated rings. The van der Waals surface area contributed by atoms with E-state index in [9.17, 15) is 9.90 Å². The van der Waals surface area contributed by atoms with Crippen molar-refractivity contribution in [3.63, 3.8) is 0 Å². The van der Waals surface area contributed by atoms with Gasteiger partial charge in [-0.15, -0.1) is 0 Å². The van der Waals surface area contributed by atoms with Gasteiger partial charge < -0.3 is 9.84 Å². The van der Waals surface area contributed by atoms with Gasteiger partial charge in [-0.05, 0) is 61.8 Å². The molecule has 0 aliphatic carbocycles. The number of aliphatic hydroxyl groups is 1. The highest BCUT2D eigenvalue weighted by Crippen LogP contribution is 2.33. The lowest BCUT2D eigenvalue weighted by Crippen LogP contribution is -2.39. The maximum absolute atomic E-state index is 13.2. The molecule has 0 aliphatic rings. The number of carbonyl (C=O) groups excluding carboxylic acids is 1. The fourth-order valence-corrected chi connectivity index (χ4v) is 3.99. The van der Waals surface area contributed by atoms with Crippen molar-refractivity contribution in [1.82, 2.24) is 4.98 Å². The predicted octanol–water partition coefficient (Wildman–Crippen LogP) is 5.66. The number of ketones is 1. The van der Waals surface area contributed by atoms with Crippen molar-refractivity contribution >= 4 is 5.78 Å². The number of aryl methyl sites for hydroxylation is 1. The fraction of sp³-hybridized carbons (Fsp3) is 0.357. The Morgan fingerprint density at radius 2 is 1.75 bits per heavy atom. The highest BCUT2D eigenvalue weighted by molar-refractivity contribution is 5.87. The molecule has 3 rings (SSSR count). The van der Waals surface area contributed by atoms with Crippen LogP contribution in [0.3, 0.4) is 0 Å². The van der Waals surface area contributed by atoms with E-state index in [4.69, 9.17) is 4.74 Å². The molecular formula is C28H33NO3. The van der Waals surface area contributed by atoms with Crippen LogP contribution in [0.5, 0.6) is 5.88 Å². The van der Waals surface area contributed by atoms with E-state index < -0.39 is 5.60 Å². The summed E-state index contributed by atoms with van der Waals surface area (Å²) < 4.78 is 5.93. The average Bonchev–Trinajstić information content (AvgIpc) is 2.78. The first-order valence-corrected chi connectivity index (χ1v) is 11.2. The monoisotopic (exact) mass is 431 g/mol. The van der Waals surface area contributed by atoms with Crippen molar-refractivity contribution in [3.8, 4) is 5.88 Å². The minimum Gasteiger partial charge on any atom is -0.464 e. The van der Waals surface area contributed by atoms with Crippen molar-refractivity contribution in [1.29, 1.82) is 0 Å². The maximum atomic E-state index is 13.2. The number of benzene rings is 2. The molecule has 4 heteroatoms. The first-order chi connectivity index (χ1) is 15.3. The summed E-state index contributed by atoms with van der Waals surface area (Å²) in [5.74, 6) is 0.819. The first-order valence-electron chi connectivity index (χ1n) is 11.2. The van der Waals surface area contributed by atoms with Crippen molar-refractivity contribution in [2.75, 3.05) is 0 Å². The second kappa shape index (κ2) is 10.6. The van der Waals surface area contributed by atoms with Crippen LogP contribution in [-0.4, -0.2) is 21.5 Å². The molecule has 0 aliphatic heterocycles. The zero-order chi connectivity index (χ0) is 23.1. The number of hydrogen-bond donors (Lipinski definition) is 1. The number of hydrogen-bond acceptors (Lipinski definition) is 4. The summed E-state index contributed by atoms with van der Waals surface area (Å²) >= 11 is 0. The Hall–Kier alpha value is -2.98. The number of ether oxygens (including phenoxy) is 1. The van der Waals surface area contributed by atoms with Gasteiger partial charge in [-0.25, -0.2) is 4.98 Å². The summed E-state index contributed by atoms with van der Waals surface area (Å²) in [5, 5.41) is 9.33. The van der Waals surface area contributed by atoms with Gasteiger partial charge in [-0.3, -0.25) is 4.79 Å². The van der Waals surface area contributed by atoms with Crippen LogP contribution in [0.4, 0.5) is 0 Å². The van der Waals surface area contributed by atoms with E-state index in [1.54, 1.807) is 12.3 Å². The highest BCUT2D eigenvalue weighted by Gasteiger charge is 2.33. The molecule has 1 heterocycles. The summed E-state index contributed by atoms with van der Waals surface area (Å²) in [4.78, 5) is 17.4. The zero-order valence-corrected chi connectivity index (χ0v) is 19.4. The van der Waals surface area contributed by atoms with E-state index >= 15 is 0 Å². The Morgan fingerprint density at radius 3 is 2.38 bits per heavy atom. The van der Waals surface area contributed by atoms with Crippen LogP contribution in [0.15, 0.2) is 72.9 Å². The van der Waals surface area contributed by atoms with Crippen LogP contribution in [0.25, 0.3) is 0 Å². The quantitative estimate of drug-likeness (QED) is 0.450. The smallest absolute Gasteiger partial charge is 0.214 e. The zero-order valence-electron chi connectivity index (χ0n) is 19.4. The van der Waals surface area contributed by atoms with E-state index in [1.807, 2.05) is 38.1 Å². The Morgan fingerprint density at radius 1 is 1.03 bits per heavy atom. The van der Waals surface area contributed by atoms with Gasteiger partial charge in [0.2, 0.25) is 5.88 Å². The van der Waals surface area contributed by atoms with Gasteiger partial charge >= 0.3 is 0 Å². The fourth-order valence-electron chi connectivity index (χ4n) is 3.99. The van der Waals surface area contributed by atoms with E-state index in [0.29, 0.717) is 12.3 Å². The van der Waals surface area contributed by atoms with Gasteiger partial charge in [0.15, 0.2) is 11.4 Å². The third-order valence-electron chi connectivity index (χ3n) is 5.99. The molecule has 0 bridgehead atoms. The SMILES string of the molecule is Cc1cccc(C(Cc2ccc(CO)cc2)C(C)CC(=O)C(C)(C)Oc2ccccn2)c1. The molecule has 0 saturated heterocycles. The van der Waals surface area contributed by atoms with Crippen LogP contribution in [0, 0.1) is 12.8 Å². The molecule has 0 amide bonds. The summed E-state index contributed by atoms with van der Waals surface area (Å²) in [5.41, 5.74) is 3.58. The van der Waals surface area contributed by atoms with Crippen LogP contribution in [0.1, 0.15) is 55.4 Å². The van der Waals surface area contributed by atoms with Gasteiger partial charge in [-0.2, -0.15) is 0 Å². The predicted molar refractivity (Wildman–Crippen MR) is 128 cm³/mol.